The van der Waals surface area contributed by atoms with E-state index in [-0.39, 0.29) is 5.92 Å². The van der Waals surface area contributed by atoms with Gasteiger partial charge in [0.1, 0.15) is 5.75 Å². The molecular formula is C18H19BrO3. The molecule has 0 fully saturated rings. The number of carbonyl (C=O) groups is 1. The number of hydrogen-bond donors (Lipinski definition) is 1. The average molecular weight is 363 g/mol. The largest absolute Gasteiger partial charge is 0.478 e. The van der Waals surface area contributed by atoms with Gasteiger partial charge in [0.2, 0.25) is 0 Å². The summed E-state index contributed by atoms with van der Waals surface area (Å²) in [5.41, 5.74) is 1.94. The molecule has 2 aromatic carbocycles. The Morgan fingerprint density at radius 1 is 1.18 bits per heavy atom. The van der Waals surface area contributed by atoms with E-state index in [0.29, 0.717) is 12.2 Å². The third-order valence-electron chi connectivity index (χ3n) is 3.40. The Hall–Kier alpha value is -1.81. The van der Waals surface area contributed by atoms with E-state index in [1.54, 1.807) is 0 Å². The van der Waals surface area contributed by atoms with Crippen LogP contribution >= 0.6 is 15.9 Å². The minimum Gasteiger partial charge on any atom is -0.478 e. The fraction of sp³-hybridized carbons (Fsp3) is 0.278. The predicted octanol–water partition coefficient (Wildman–Crippen LogP) is 4.65. The van der Waals surface area contributed by atoms with Gasteiger partial charge in [-0.15, -0.1) is 0 Å². The molecule has 0 spiro atoms. The fourth-order valence-electron chi connectivity index (χ4n) is 2.28. The van der Waals surface area contributed by atoms with Gasteiger partial charge in [0, 0.05) is 10.9 Å². The monoisotopic (exact) mass is 362 g/mol. The lowest BCUT2D eigenvalue weighted by Crippen LogP contribution is -2.29. The maximum atomic E-state index is 11.5. The highest BCUT2D eigenvalue weighted by Gasteiger charge is 2.22. The van der Waals surface area contributed by atoms with Crippen LogP contribution in [-0.4, -0.2) is 17.2 Å². The minimum atomic E-state index is -0.960. The van der Waals surface area contributed by atoms with Gasteiger partial charge in [0.05, 0.1) is 0 Å². The third-order valence-corrected chi connectivity index (χ3v) is 3.89. The summed E-state index contributed by atoms with van der Waals surface area (Å²) in [6, 6.07) is 15.2. The first-order valence-electron chi connectivity index (χ1n) is 7.20. The second-order valence-corrected chi connectivity index (χ2v) is 6.39. The van der Waals surface area contributed by atoms with Crippen molar-refractivity contribution in [2.75, 3.05) is 0 Å². The zero-order valence-corrected chi connectivity index (χ0v) is 14.2. The molecule has 0 aliphatic heterocycles. The molecule has 2 aromatic rings. The van der Waals surface area contributed by atoms with Crippen molar-refractivity contribution in [1.82, 2.24) is 0 Å². The molecule has 0 bridgehead atoms. The number of benzene rings is 2. The molecule has 0 saturated heterocycles. The van der Waals surface area contributed by atoms with Crippen molar-refractivity contribution in [1.29, 1.82) is 0 Å². The van der Waals surface area contributed by atoms with Crippen LogP contribution < -0.4 is 4.74 Å². The smallest absolute Gasteiger partial charge is 0.345 e. The van der Waals surface area contributed by atoms with Crippen LogP contribution in [0.4, 0.5) is 0 Å². The summed E-state index contributed by atoms with van der Waals surface area (Å²) in [5, 5.41) is 9.46. The number of carboxylic acids is 1. The highest BCUT2D eigenvalue weighted by molar-refractivity contribution is 9.10. The predicted molar refractivity (Wildman–Crippen MR) is 90.4 cm³/mol. The van der Waals surface area contributed by atoms with E-state index in [9.17, 15) is 9.90 Å². The van der Waals surface area contributed by atoms with Crippen molar-refractivity contribution >= 4 is 21.9 Å². The fourth-order valence-corrected chi connectivity index (χ4v) is 2.72. The first kappa shape index (κ1) is 16.6. The van der Waals surface area contributed by atoms with Crippen molar-refractivity contribution < 1.29 is 14.6 Å². The molecule has 22 heavy (non-hydrogen) atoms. The van der Waals surface area contributed by atoms with Crippen LogP contribution in [0.5, 0.6) is 5.75 Å². The van der Waals surface area contributed by atoms with Crippen LogP contribution in [0.2, 0.25) is 0 Å². The SMILES string of the molecule is CC(C)c1ccccc1O[C@H](Cc1cccc(Br)c1)C(=O)O. The highest BCUT2D eigenvalue weighted by atomic mass is 79.9. The summed E-state index contributed by atoms with van der Waals surface area (Å²) in [4.78, 5) is 11.5. The van der Waals surface area contributed by atoms with Crippen LogP contribution in [0.1, 0.15) is 30.9 Å². The molecule has 2 rings (SSSR count). The van der Waals surface area contributed by atoms with E-state index in [1.165, 1.54) is 0 Å². The maximum Gasteiger partial charge on any atom is 0.345 e. The van der Waals surface area contributed by atoms with Gasteiger partial charge in [-0.1, -0.05) is 60.1 Å². The van der Waals surface area contributed by atoms with Gasteiger partial charge >= 0.3 is 5.97 Å². The third kappa shape index (κ3) is 4.34. The molecule has 0 saturated carbocycles. The summed E-state index contributed by atoms with van der Waals surface area (Å²) >= 11 is 3.40. The van der Waals surface area contributed by atoms with Crippen LogP contribution in [0.3, 0.4) is 0 Å². The van der Waals surface area contributed by atoms with Crippen LogP contribution in [0.15, 0.2) is 53.0 Å². The molecule has 0 unspecified atom stereocenters. The lowest BCUT2D eigenvalue weighted by Gasteiger charge is -2.19. The number of hydrogen-bond acceptors (Lipinski definition) is 2. The van der Waals surface area contributed by atoms with Gasteiger partial charge in [-0.2, -0.15) is 0 Å². The Bertz CT molecular complexity index is 652. The molecule has 1 atom stereocenters. The molecule has 0 radical (unpaired) electrons. The van der Waals surface area contributed by atoms with E-state index in [0.717, 1.165) is 15.6 Å². The zero-order chi connectivity index (χ0) is 16.1. The molecule has 0 heterocycles. The van der Waals surface area contributed by atoms with Gasteiger partial charge < -0.3 is 9.84 Å². The topological polar surface area (TPSA) is 46.5 Å². The van der Waals surface area contributed by atoms with Crippen molar-refractivity contribution in [3.8, 4) is 5.75 Å². The summed E-state index contributed by atoms with van der Waals surface area (Å²) in [6.07, 6.45) is -0.588. The second-order valence-electron chi connectivity index (χ2n) is 5.47. The number of para-hydroxylation sites is 1. The average Bonchev–Trinajstić information content (AvgIpc) is 2.47. The second kappa shape index (κ2) is 7.45. The first-order chi connectivity index (χ1) is 10.5. The molecule has 4 heteroatoms. The van der Waals surface area contributed by atoms with Crippen molar-refractivity contribution in [2.45, 2.75) is 32.3 Å². The van der Waals surface area contributed by atoms with Gasteiger partial charge in [-0.05, 0) is 35.2 Å². The molecule has 1 N–H and O–H groups in total. The summed E-state index contributed by atoms with van der Waals surface area (Å²) in [5.74, 6) is -0.0463. The summed E-state index contributed by atoms with van der Waals surface area (Å²) in [6.45, 7) is 4.12. The van der Waals surface area contributed by atoms with Gasteiger partial charge in [-0.25, -0.2) is 4.79 Å². The van der Waals surface area contributed by atoms with E-state index in [4.69, 9.17) is 4.74 Å². The Morgan fingerprint density at radius 3 is 2.55 bits per heavy atom. The summed E-state index contributed by atoms with van der Waals surface area (Å²) in [7, 11) is 0. The highest BCUT2D eigenvalue weighted by Crippen LogP contribution is 2.27. The van der Waals surface area contributed by atoms with Crippen LogP contribution in [0, 0.1) is 0 Å². The lowest BCUT2D eigenvalue weighted by molar-refractivity contribution is -0.145. The van der Waals surface area contributed by atoms with Gasteiger partial charge in [-0.3, -0.25) is 0 Å². The van der Waals surface area contributed by atoms with E-state index < -0.39 is 12.1 Å². The van der Waals surface area contributed by atoms with Gasteiger partial charge in [0.25, 0.3) is 0 Å². The Balaban J connectivity index is 2.21. The minimum absolute atomic E-state index is 0.275. The van der Waals surface area contributed by atoms with Crippen LogP contribution in [0.25, 0.3) is 0 Å². The lowest BCUT2D eigenvalue weighted by atomic mass is 10.0. The number of halogens is 1. The summed E-state index contributed by atoms with van der Waals surface area (Å²) < 4.78 is 6.72. The zero-order valence-electron chi connectivity index (χ0n) is 12.6. The normalized spacial score (nSPS) is 12.2. The number of rotatable bonds is 6. The van der Waals surface area contributed by atoms with E-state index in [1.807, 2.05) is 48.5 Å². The Labute approximate surface area is 139 Å². The van der Waals surface area contributed by atoms with Crippen LogP contribution in [-0.2, 0) is 11.2 Å². The van der Waals surface area contributed by atoms with E-state index >= 15 is 0 Å². The molecule has 0 aliphatic rings. The van der Waals surface area contributed by atoms with Crippen molar-refractivity contribution in [3.05, 3.63) is 64.1 Å². The van der Waals surface area contributed by atoms with Crippen molar-refractivity contribution in [2.24, 2.45) is 0 Å². The Kier molecular flexibility index (Phi) is 5.61. The molecule has 3 nitrogen and oxygen atoms in total. The number of aliphatic carboxylic acids is 1. The first-order valence-corrected chi connectivity index (χ1v) is 7.99. The van der Waals surface area contributed by atoms with E-state index in [2.05, 4.69) is 29.8 Å². The Morgan fingerprint density at radius 2 is 1.91 bits per heavy atom. The quantitative estimate of drug-likeness (QED) is 0.813. The standard InChI is InChI=1S/C18H19BrO3/c1-12(2)15-8-3-4-9-16(15)22-17(18(20)21)11-13-6-5-7-14(19)10-13/h3-10,12,17H,11H2,1-2H3,(H,20,21)/t17-/m1/s1. The number of ether oxygens (including phenoxy) is 1. The molecule has 0 aromatic heterocycles. The molecule has 116 valence electrons. The van der Waals surface area contributed by atoms with Crippen molar-refractivity contribution in [3.63, 3.8) is 0 Å². The molecule has 0 amide bonds. The molecule has 0 aliphatic carbocycles. The van der Waals surface area contributed by atoms with Gasteiger partial charge in [0.15, 0.2) is 6.10 Å². The number of carboxylic acid groups (broad SMARTS) is 1. The molecular weight excluding hydrogens is 344 g/mol. The maximum absolute atomic E-state index is 11.5.